The van der Waals surface area contributed by atoms with Crippen LogP contribution in [0.25, 0.3) is 0 Å². The molecule has 0 spiro atoms. The maximum Gasteiger partial charge on any atom is 0.334 e. The zero-order valence-electron chi connectivity index (χ0n) is 14.2. The average Bonchev–Trinajstić information content (AvgIpc) is 2.97. The molecule has 25 heavy (non-hydrogen) atoms. The number of carboxylic acids is 1. The number of aliphatic carboxylic acids is 1. The second-order valence-electron chi connectivity index (χ2n) is 5.61. The second-order valence-corrected chi connectivity index (χ2v) is 5.61. The number of carbonyl (C=O) groups excluding carboxylic acids is 2. The molecule has 2 unspecified atom stereocenters. The van der Waals surface area contributed by atoms with Crippen LogP contribution in [-0.2, 0) is 19.1 Å². The Hall–Kier alpha value is -2.61. The van der Waals surface area contributed by atoms with Crippen LogP contribution in [0.2, 0.25) is 0 Å². The molecule has 1 aliphatic heterocycles. The summed E-state index contributed by atoms with van der Waals surface area (Å²) in [5.74, 6) is -1.65. The van der Waals surface area contributed by atoms with Crippen LogP contribution >= 0.6 is 0 Å². The number of hydrogen-bond acceptors (Lipinski definition) is 5. The lowest BCUT2D eigenvalue weighted by atomic mass is 10.1. The molecule has 2 rings (SSSR count). The number of nitrogens with zero attached hydrogens (tertiary/aromatic N) is 1. The molecule has 0 radical (unpaired) electrons. The lowest BCUT2D eigenvalue weighted by Crippen LogP contribution is -2.41. The number of benzene rings is 1. The molecule has 1 saturated heterocycles. The van der Waals surface area contributed by atoms with Crippen LogP contribution in [0.5, 0.6) is 5.75 Å². The van der Waals surface area contributed by atoms with Crippen molar-refractivity contribution >= 4 is 23.5 Å². The van der Waals surface area contributed by atoms with Crippen molar-refractivity contribution < 1.29 is 29.0 Å². The van der Waals surface area contributed by atoms with Gasteiger partial charge in [-0.1, -0.05) is 12.1 Å². The van der Waals surface area contributed by atoms with Gasteiger partial charge in [-0.25, -0.2) is 4.79 Å². The summed E-state index contributed by atoms with van der Waals surface area (Å²) < 4.78 is 10.3. The van der Waals surface area contributed by atoms with Crippen LogP contribution in [-0.4, -0.2) is 55.8 Å². The quantitative estimate of drug-likeness (QED) is 0.713. The number of hydrogen-bond donors (Lipinski definition) is 2. The smallest absolute Gasteiger partial charge is 0.334 e. The van der Waals surface area contributed by atoms with E-state index in [1.54, 1.807) is 18.2 Å². The highest BCUT2D eigenvalue weighted by molar-refractivity contribution is 6.01. The number of anilines is 1. The minimum Gasteiger partial charge on any atom is -0.492 e. The van der Waals surface area contributed by atoms with Gasteiger partial charge in [0.15, 0.2) is 6.10 Å². The first-order valence-corrected chi connectivity index (χ1v) is 8.03. The molecule has 0 aliphatic carbocycles. The first-order chi connectivity index (χ1) is 12.0. The summed E-state index contributed by atoms with van der Waals surface area (Å²) in [5.41, 5.74) is 0.630. The van der Waals surface area contributed by atoms with E-state index in [4.69, 9.17) is 14.6 Å². The van der Waals surface area contributed by atoms with Crippen molar-refractivity contribution in [1.82, 2.24) is 5.32 Å². The van der Waals surface area contributed by atoms with Crippen molar-refractivity contribution in [3.63, 3.8) is 0 Å². The van der Waals surface area contributed by atoms with Crippen LogP contribution in [0.15, 0.2) is 24.3 Å². The van der Waals surface area contributed by atoms with Crippen LogP contribution < -0.4 is 15.0 Å². The number of carboxylic acid groups (broad SMARTS) is 1. The fourth-order valence-corrected chi connectivity index (χ4v) is 2.68. The molecule has 0 bridgehead atoms. The number of ether oxygens (including phenoxy) is 2. The van der Waals surface area contributed by atoms with Crippen LogP contribution in [0.1, 0.15) is 13.3 Å². The molecule has 0 aromatic heterocycles. The van der Waals surface area contributed by atoms with Gasteiger partial charge in [0.2, 0.25) is 11.8 Å². The van der Waals surface area contributed by atoms with Gasteiger partial charge in [-0.15, -0.1) is 0 Å². The maximum atomic E-state index is 12.3. The Balaban J connectivity index is 2.02. The zero-order chi connectivity index (χ0) is 18.4. The van der Waals surface area contributed by atoms with E-state index >= 15 is 0 Å². The first kappa shape index (κ1) is 18.7. The highest BCUT2D eigenvalue weighted by Crippen LogP contribution is 2.33. The monoisotopic (exact) mass is 350 g/mol. The van der Waals surface area contributed by atoms with E-state index in [1.807, 2.05) is 13.0 Å². The largest absolute Gasteiger partial charge is 0.492 e. The highest BCUT2D eigenvalue weighted by Gasteiger charge is 2.36. The van der Waals surface area contributed by atoms with Gasteiger partial charge in [-0.2, -0.15) is 0 Å². The summed E-state index contributed by atoms with van der Waals surface area (Å²) in [6, 6.07) is 7.16. The molecule has 136 valence electrons. The number of carbonyl (C=O) groups is 3. The van der Waals surface area contributed by atoms with E-state index in [1.165, 1.54) is 12.0 Å². The summed E-state index contributed by atoms with van der Waals surface area (Å²) in [5, 5.41) is 11.4. The van der Waals surface area contributed by atoms with E-state index in [0.29, 0.717) is 18.0 Å². The molecule has 1 aromatic carbocycles. The molecule has 2 amide bonds. The topological polar surface area (TPSA) is 105 Å². The van der Waals surface area contributed by atoms with Crippen molar-refractivity contribution in [3.8, 4) is 5.75 Å². The lowest BCUT2D eigenvalue weighted by molar-refractivity contribution is -0.148. The van der Waals surface area contributed by atoms with Gasteiger partial charge in [0.1, 0.15) is 5.75 Å². The van der Waals surface area contributed by atoms with E-state index in [2.05, 4.69) is 5.32 Å². The highest BCUT2D eigenvalue weighted by atomic mass is 16.5. The average molecular weight is 350 g/mol. The van der Waals surface area contributed by atoms with Crippen LogP contribution in [0.4, 0.5) is 5.69 Å². The van der Waals surface area contributed by atoms with Gasteiger partial charge in [0.05, 0.1) is 24.8 Å². The standard InChI is InChI=1S/C17H22N2O6/c1-3-25-13-7-5-4-6-12(13)19-10-11(8-15(19)20)16(21)18-9-14(24-2)17(22)23/h4-7,11,14H,3,8-10H2,1-2H3,(H,18,21)(H,22,23). The summed E-state index contributed by atoms with van der Waals surface area (Å²) >= 11 is 0. The number of para-hydroxylation sites is 2. The van der Waals surface area contributed by atoms with Gasteiger partial charge in [-0.3, -0.25) is 9.59 Å². The van der Waals surface area contributed by atoms with Crippen LogP contribution in [0.3, 0.4) is 0 Å². The molecule has 1 aromatic rings. The lowest BCUT2D eigenvalue weighted by Gasteiger charge is -2.20. The second kappa shape index (κ2) is 8.48. The Labute approximate surface area is 145 Å². The fraction of sp³-hybridized carbons (Fsp3) is 0.471. The van der Waals surface area contributed by atoms with Gasteiger partial charge in [0, 0.05) is 20.1 Å². The normalized spacial score (nSPS) is 18.1. The number of nitrogens with one attached hydrogen (secondary N) is 1. The van der Waals surface area contributed by atoms with Crippen molar-refractivity contribution in [2.75, 3.05) is 31.7 Å². The van der Waals surface area contributed by atoms with Gasteiger partial charge < -0.3 is 24.8 Å². The maximum absolute atomic E-state index is 12.3. The molecular formula is C17H22N2O6. The van der Waals surface area contributed by atoms with Gasteiger partial charge in [-0.05, 0) is 19.1 Å². The third-order valence-electron chi connectivity index (χ3n) is 3.97. The Morgan fingerprint density at radius 2 is 2.12 bits per heavy atom. The number of methoxy groups -OCH3 is 1. The van der Waals surface area contributed by atoms with Crippen molar-refractivity contribution in [1.29, 1.82) is 0 Å². The molecule has 1 aliphatic rings. The Morgan fingerprint density at radius 1 is 1.40 bits per heavy atom. The van der Waals surface area contributed by atoms with E-state index in [0.717, 1.165) is 0 Å². The summed E-state index contributed by atoms with van der Waals surface area (Å²) in [4.78, 5) is 37.0. The molecule has 2 N–H and O–H groups in total. The third-order valence-corrected chi connectivity index (χ3v) is 3.97. The SMILES string of the molecule is CCOc1ccccc1N1CC(C(=O)NCC(OC)C(=O)O)CC1=O. The van der Waals surface area contributed by atoms with Crippen molar-refractivity contribution in [3.05, 3.63) is 24.3 Å². The molecule has 2 atom stereocenters. The summed E-state index contributed by atoms with van der Waals surface area (Å²) in [7, 11) is 1.26. The summed E-state index contributed by atoms with van der Waals surface area (Å²) in [6.45, 7) is 2.40. The molecule has 1 heterocycles. The predicted octanol–water partition coefficient (Wildman–Crippen LogP) is 0.654. The molecule has 8 nitrogen and oxygen atoms in total. The molecule has 1 fully saturated rings. The van der Waals surface area contributed by atoms with Gasteiger partial charge in [0.25, 0.3) is 0 Å². The third kappa shape index (κ3) is 4.48. The molecular weight excluding hydrogens is 328 g/mol. The Bertz CT molecular complexity index is 648. The summed E-state index contributed by atoms with van der Waals surface area (Å²) in [6.07, 6.45) is -1.05. The van der Waals surface area contributed by atoms with Gasteiger partial charge >= 0.3 is 5.97 Å². The minimum atomic E-state index is -1.16. The van der Waals surface area contributed by atoms with Crippen molar-refractivity contribution in [2.45, 2.75) is 19.4 Å². The number of amides is 2. The van der Waals surface area contributed by atoms with E-state index in [-0.39, 0.29) is 31.3 Å². The number of rotatable bonds is 8. The Morgan fingerprint density at radius 3 is 2.76 bits per heavy atom. The Kier molecular flexibility index (Phi) is 6.35. The molecule has 8 heteroatoms. The van der Waals surface area contributed by atoms with Crippen LogP contribution in [0, 0.1) is 5.92 Å². The fourth-order valence-electron chi connectivity index (χ4n) is 2.68. The zero-order valence-corrected chi connectivity index (χ0v) is 14.2. The molecule has 0 saturated carbocycles. The first-order valence-electron chi connectivity index (χ1n) is 8.03. The predicted molar refractivity (Wildman–Crippen MR) is 89.5 cm³/mol. The van der Waals surface area contributed by atoms with Crippen molar-refractivity contribution in [2.24, 2.45) is 5.92 Å². The van der Waals surface area contributed by atoms with E-state index < -0.39 is 18.0 Å². The van der Waals surface area contributed by atoms with E-state index in [9.17, 15) is 14.4 Å². The minimum absolute atomic E-state index is 0.0665.